The van der Waals surface area contributed by atoms with Gasteiger partial charge in [0.2, 0.25) is 0 Å². The SMILES string of the molecule is O=C(CC1(Cc2ccccc2)CCC(c2ccccc2)=N1)c1ccccc1. The van der Waals surface area contributed by atoms with Crippen LogP contribution in [0.1, 0.15) is 40.7 Å². The second-order valence-corrected chi connectivity index (χ2v) is 7.28. The van der Waals surface area contributed by atoms with Crippen molar-refractivity contribution in [3.63, 3.8) is 0 Å². The van der Waals surface area contributed by atoms with Gasteiger partial charge in [-0.1, -0.05) is 91.0 Å². The van der Waals surface area contributed by atoms with Crippen LogP contribution in [0.15, 0.2) is 96.0 Å². The van der Waals surface area contributed by atoms with E-state index in [1.807, 2.05) is 54.6 Å². The molecule has 1 unspecified atom stereocenters. The Bertz CT molecular complexity index is 932. The highest BCUT2D eigenvalue weighted by Gasteiger charge is 2.37. The van der Waals surface area contributed by atoms with Crippen molar-refractivity contribution in [2.24, 2.45) is 4.99 Å². The Balaban J connectivity index is 1.66. The molecule has 0 amide bonds. The minimum absolute atomic E-state index is 0.171. The van der Waals surface area contributed by atoms with E-state index in [0.717, 1.165) is 30.5 Å². The Morgan fingerprint density at radius 3 is 2.07 bits per heavy atom. The molecular formula is C25H23NO. The van der Waals surface area contributed by atoms with Crippen molar-refractivity contribution in [3.05, 3.63) is 108 Å². The van der Waals surface area contributed by atoms with E-state index < -0.39 is 0 Å². The topological polar surface area (TPSA) is 29.4 Å². The summed E-state index contributed by atoms with van der Waals surface area (Å²) in [6.45, 7) is 0. The molecule has 0 saturated carbocycles. The standard InChI is InChI=1S/C25H23NO/c27-24(22-14-8-3-9-15-22)19-25(18-20-10-4-1-5-11-20)17-16-23(26-25)21-12-6-2-7-13-21/h1-15H,16-19H2. The summed E-state index contributed by atoms with van der Waals surface area (Å²) in [6.07, 6.45) is 3.06. The van der Waals surface area contributed by atoms with Crippen molar-refractivity contribution in [2.45, 2.75) is 31.2 Å². The van der Waals surface area contributed by atoms with E-state index in [1.54, 1.807) is 0 Å². The number of carbonyl (C=O) groups is 1. The number of nitrogens with zero attached hydrogens (tertiary/aromatic N) is 1. The molecule has 4 rings (SSSR count). The van der Waals surface area contributed by atoms with E-state index in [9.17, 15) is 4.79 Å². The van der Waals surface area contributed by atoms with Gasteiger partial charge in [0, 0.05) is 17.7 Å². The molecule has 0 fully saturated rings. The van der Waals surface area contributed by atoms with Crippen LogP contribution in [0.4, 0.5) is 0 Å². The molecule has 0 bridgehead atoms. The van der Waals surface area contributed by atoms with E-state index in [-0.39, 0.29) is 11.3 Å². The Hall–Kier alpha value is -3.00. The fraction of sp³-hybridized carbons (Fsp3) is 0.200. The van der Waals surface area contributed by atoms with Gasteiger partial charge in [-0.3, -0.25) is 9.79 Å². The highest BCUT2D eigenvalue weighted by atomic mass is 16.1. The normalized spacial score (nSPS) is 18.9. The van der Waals surface area contributed by atoms with Crippen molar-refractivity contribution in [3.8, 4) is 0 Å². The van der Waals surface area contributed by atoms with Crippen LogP contribution in [0.25, 0.3) is 0 Å². The Morgan fingerprint density at radius 1 is 0.815 bits per heavy atom. The Kier molecular flexibility index (Phi) is 4.97. The molecule has 3 aromatic carbocycles. The van der Waals surface area contributed by atoms with Crippen LogP contribution in [-0.4, -0.2) is 17.0 Å². The van der Waals surface area contributed by atoms with Crippen LogP contribution in [0.5, 0.6) is 0 Å². The van der Waals surface area contributed by atoms with Crippen molar-refractivity contribution < 1.29 is 4.79 Å². The van der Waals surface area contributed by atoms with Crippen LogP contribution in [0, 0.1) is 0 Å². The van der Waals surface area contributed by atoms with Gasteiger partial charge in [-0.2, -0.15) is 0 Å². The minimum Gasteiger partial charge on any atom is -0.294 e. The molecule has 2 nitrogen and oxygen atoms in total. The molecule has 2 heteroatoms. The number of benzene rings is 3. The van der Waals surface area contributed by atoms with Gasteiger partial charge in [-0.15, -0.1) is 0 Å². The van der Waals surface area contributed by atoms with E-state index in [4.69, 9.17) is 4.99 Å². The second-order valence-electron chi connectivity index (χ2n) is 7.28. The number of hydrogen-bond acceptors (Lipinski definition) is 2. The summed E-state index contributed by atoms with van der Waals surface area (Å²) in [5.41, 5.74) is 3.93. The molecule has 0 saturated heterocycles. The summed E-state index contributed by atoms with van der Waals surface area (Å²) >= 11 is 0. The van der Waals surface area contributed by atoms with Gasteiger partial charge in [0.1, 0.15) is 0 Å². The Labute approximate surface area is 160 Å². The predicted octanol–water partition coefficient (Wildman–Crippen LogP) is 5.52. The van der Waals surface area contributed by atoms with Crippen LogP contribution < -0.4 is 0 Å². The van der Waals surface area contributed by atoms with Gasteiger partial charge in [-0.25, -0.2) is 0 Å². The molecule has 1 heterocycles. The van der Waals surface area contributed by atoms with Crippen LogP contribution in [-0.2, 0) is 6.42 Å². The zero-order valence-corrected chi connectivity index (χ0v) is 15.3. The summed E-state index contributed by atoms with van der Waals surface area (Å²) in [5, 5.41) is 0. The number of aliphatic imine (C=N–C) groups is 1. The average Bonchev–Trinajstić information content (AvgIpc) is 3.13. The average molecular weight is 353 g/mol. The quantitative estimate of drug-likeness (QED) is 0.536. The Morgan fingerprint density at radius 2 is 1.41 bits per heavy atom. The lowest BCUT2D eigenvalue weighted by atomic mass is 9.83. The third-order valence-corrected chi connectivity index (χ3v) is 5.27. The maximum Gasteiger partial charge on any atom is 0.165 e. The molecule has 0 N–H and O–H groups in total. The number of ketones is 1. The van der Waals surface area contributed by atoms with Crippen LogP contribution in [0.3, 0.4) is 0 Å². The van der Waals surface area contributed by atoms with Crippen molar-refractivity contribution in [2.75, 3.05) is 0 Å². The fourth-order valence-electron chi connectivity index (χ4n) is 3.91. The first-order valence-corrected chi connectivity index (χ1v) is 9.50. The molecule has 3 aromatic rings. The monoisotopic (exact) mass is 353 g/mol. The molecule has 0 spiro atoms. The zero-order valence-electron chi connectivity index (χ0n) is 15.3. The van der Waals surface area contributed by atoms with E-state index in [0.29, 0.717) is 6.42 Å². The lowest BCUT2D eigenvalue weighted by Gasteiger charge is -2.26. The van der Waals surface area contributed by atoms with Crippen LogP contribution in [0.2, 0.25) is 0 Å². The second kappa shape index (κ2) is 7.71. The summed E-state index contributed by atoms with van der Waals surface area (Å²) in [4.78, 5) is 18.1. The lowest BCUT2D eigenvalue weighted by Crippen LogP contribution is -2.30. The molecule has 27 heavy (non-hydrogen) atoms. The lowest BCUT2D eigenvalue weighted by molar-refractivity contribution is 0.0951. The first kappa shape index (κ1) is 17.4. The molecule has 0 aliphatic carbocycles. The summed E-state index contributed by atoms with van der Waals surface area (Å²) < 4.78 is 0. The first-order chi connectivity index (χ1) is 13.2. The first-order valence-electron chi connectivity index (χ1n) is 9.50. The number of hydrogen-bond donors (Lipinski definition) is 0. The van der Waals surface area contributed by atoms with Crippen molar-refractivity contribution in [1.82, 2.24) is 0 Å². The van der Waals surface area contributed by atoms with Gasteiger partial charge < -0.3 is 0 Å². The smallest absolute Gasteiger partial charge is 0.165 e. The molecular weight excluding hydrogens is 330 g/mol. The fourth-order valence-corrected chi connectivity index (χ4v) is 3.91. The molecule has 1 aliphatic heterocycles. The number of carbonyl (C=O) groups excluding carboxylic acids is 1. The van der Waals surface area contributed by atoms with Crippen molar-refractivity contribution >= 4 is 11.5 Å². The third kappa shape index (κ3) is 4.06. The molecule has 0 radical (unpaired) electrons. The van der Waals surface area contributed by atoms with Crippen LogP contribution >= 0.6 is 0 Å². The molecule has 1 atom stereocenters. The minimum atomic E-state index is -0.362. The maximum atomic E-state index is 13.0. The largest absolute Gasteiger partial charge is 0.294 e. The summed E-state index contributed by atoms with van der Waals surface area (Å²) in [5.74, 6) is 0.171. The number of rotatable bonds is 6. The van der Waals surface area contributed by atoms with Gasteiger partial charge in [0.05, 0.1) is 5.54 Å². The van der Waals surface area contributed by atoms with Crippen molar-refractivity contribution in [1.29, 1.82) is 0 Å². The molecule has 1 aliphatic rings. The predicted molar refractivity (Wildman–Crippen MR) is 110 cm³/mol. The van der Waals surface area contributed by atoms with Gasteiger partial charge in [0.15, 0.2) is 5.78 Å². The number of Topliss-reactive ketones (excluding diaryl/α,β-unsaturated/α-hetero) is 1. The summed E-state index contributed by atoms with van der Waals surface area (Å²) in [7, 11) is 0. The molecule has 0 aromatic heterocycles. The van der Waals surface area contributed by atoms with Gasteiger partial charge >= 0.3 is 0 Å². The van der Waals surface area contributed by atoms with Gasteiger partial charge in [0.25, 0.3) is 0 Å². The third-order valence-electron chi connectivity index (χ3n) is 5.27. The van der Waals surface area contributed by atoms with E-state index >= 15 is 0 Å². The summed E-state index contributed by atoms with van der Waals surface area (Å²) in [6, 6.07) is 30.3. The zero-order chi connectivity index (χ0) is 18.5. The maximum absolute atomic E-state index is 13.0. The van der Waals surface area contributed by atoms with Gasteiger partial charge in [-0.05, 0) is 30.4 Å². The highest BCUT2D eigenvalue weighted by Crippen LogP contribution is 2.36. The van der Waals surface area contributed by atoms with E-state index in [2.05, 4.69) is 36.4 Å². The van der Waals surface area contributed by atoms with E-state index in [1.165, 1.54) is 11.1 Å². The molecule has 134 valence electrons. The highest BCUT2D eigenvalue weighted by molar-refractivity contribution is 6.03.